The number of benzene rings is 2. The first-order chi connectivity index (χ1) is 14.4. The molecule has 0 aromatic heterocycles. The van der Waals surface area contributed by atoms with Gasteiger partial charge in [0.25, 0.3) is 0 Å². The number of carbonyl (C=O) groups excluding carboxylic acids is 1. The molecule has 1 amide bonds. The van der Waals surface area contributed by atoms with E-state index < -0.39 is 16.1 Å². The molecule has 1 atom stereocenters. The fourth-order valence-electron chi connectivity index (χ4n) is 3.52. The summed E-state index contributed by atoms with van der Waals surface area (Å²) in [4.78, 5) is 17.0. The minimum Gasteiger partial charge on any atom is -0.340 e. The van der Waals surface area contributed by atoms with E-state index in [9.17, 15) is 13.2 Å². The Morgan fingerprint density at radius 1 is 1.07 bits per heavy atom. The summed E-state index contributed by atoms with van der Waals surface area (Å²) in [5.74, 6) is -0.213. The molecule has 8 heteroatoms. The molecule has 0 spiro atoms. The van der Waals surface area contributed by atoms with Crippen molar-refractivity contribution in [3.8, 4) is 6.07 Å². The van der Waals surface area contributed by atoms with Gasteiger partial charge in [-0.2, -0.15) is 9.98 Å². The van der Waals surface area contributed by atoms with E-state index in [-0.39, 0.29) is 10.8 Å². The zero-order valence-electron chi connectivity index (χ0n) is 17.0. The molecule has 0 bridgehead atoms. The van der Waals surface area contributed by atoms with Crippen LogP contribution in [0.15, 0.2) is 59.5 Å². The molecule has 0 unspecified atom stereocenters. The third-order valence-electron chi connectivity index (χ3n) is 5.15. The largest absolute Gasteiger partial charge is 0.340 e. The van der Waals surface area contributed by atoms with E-state index >= 15 is 0 Å². The zero-order valence-corrected chi connectivity index (χ0v) is 17.8. The van der Waals surface area contributed by atoms with Gasteiger partial charge < -0.3 is 4.90 Å². The molecule has 0 aliphatic carbocycles. The van der Waals surface area contributed by atoms with Crippen molar-refractivity contribution in [1.29, 1.82) is 5.26 Å². The van der Waals surface area contributed by atoms with Crippen LogP contribution >= 0.6 is 0 Å². The molecule has 7 nitrogen and oxygen atoms in total. The number of carbonyl (C=O) groups is 1. The topological polar surface area (TPSA) is 93.5 Å². The standard InChI is InChI=1S/C22H26N4O3S/c1-18(24-30(28,29)21-6-3-2-4-7-21)22(27)26-13-5-12-25(14-15-26)17-20-10-8-19(16-23)9-11-20/h2-4,6-11,18,24H,5,12-15,17H2,1H3/t18-/m0/s1. The highest BCUT2D eigenvalue weighted by Gasteiger charge is 2.27. The molecule has 158 valence electrons. The maximum absolute atomic E-state index is 12.8. The maximum atomic E-state index is 12.8. The van der Waals surface area contributed by atoms with Crippen LogP contribution in [0.25, 0.3) is 0 Å². The van der Waals surface area contributed by atoms with Gasteiger partial charge in [-0.1, -0.05) is 30.3 Å². The molecule has 1 saturated heterocycles. The molecule has 2 aromatic carbocycles. The molecular weight excluding hydrogens is 400 g/mol. The number of nitrogens with one attached hydrogen (secondary N) is 1. The highest BCUT2D eigenvalue weighted by molar-refractivity contribution is 7.89. The van der Waals surface area contributed by atoms with Gasteiger partial charge in [0.1, 0.15) is 0 Å². The number of hydrogen-bond acceptors (Lipinski definition) is 5. The van der Waals surface area contributed by atoms with Gasteiger partial charge >= 0.3 is 0 Å². The van der Waals surface area contributed by atoms with Crippen molar-refractivity contribution >= 4 is 15.9 Å². The van der Waals surface area contributed by atoms with E-state index in [0.717, 1.165) is 25.1 Å². The number of hydrogen-bond donors (Lipinski definition) is 1. The highest BCUT2D eigenvalue weighted by atomic mass is 32.2. The van der Waals surface area contributed by atoms with E-state index in [0.29, 0.717) is 25.2 Å². The smallest absolute Gasteiger partial charge is 0.241 e. The maximum Gasteiger partial charge on any atom is 0.241 e. The molecule has 2 aromatic rings. The Labute approximate surface area is 178 Å². The Bertz CT molecular complexity index is 1000. The van der Waals surface area contributed by atoms with Crippen molar-refractivity contribution in [1.82, 2.24) is 14.5 Å². The van der Waals surface area contributed by atoms with E-state index in [1.807, 2.05) is 24.3 Å². The monoisotopic (exact) mass is 426 g/mol. The summed E-state index contributed by atoms with van der Waals surface area (Å²) >= 11 is 0. The minimum absolute atomic E-state index is 0.147. The average molecular weight is 427 g/mol. The predicted molar refractivity (Wildman–Crippen MR) is 114 cm³/mol. The Balaban J connectivity index is 1.56. The van der Waals surface area contributed by atoms with Crippen LogP contribution in [-0.4, -0.2) is 56.3 Å². The first-order valence-electron chi connectivity index (χ1n) is 9.96. The summed E-state index contributed by atoms with van der Waals surface area (Å²) in [5, 5.41) is 8.91. The summed E-state index contributed by atoms with van der Waals surface area (Å²) in [6.45, 7) is 5.05. The molecule has 1 heterocycles. The van der Waals surface area contributed by atoms with Crippen molar-refractivity contribution in [3.05, 3.63) is 65.7 Å². The van der Waals surface area contributed by atoms with Crippen molar-refractivity contribution in [2.24, 2.45) is 0 Å². The molecule has 1 N–H and O–H groups in total. The van der Waals surface area contributed by atoms with Crippen LogP contribution in [0.2, 0.25) is 0 Å². The molecular formula is C22H26N4O3S. The number of nitrogens with zero attached hydrogens (tertiary/aromatic N) is 3. The first kappa shape index (κ1) is 22.0. The number of rotatable bonds is 6. The zero-order chi connectivity index (χ0) is 21.6. The van der Waals surface area contributed by atoms with Crippen LogP contribution in [0.3, 0.4) is 0 Å². The lowest BCUT2D eigenvalue weighted by molar-refractivity contribution is -0.132. The lowest BCUT2D eigenvalue weighted by Gasteiger charge is -2.25. The molecule has 1 aliphatic rings. The van der Waals surface area contributed by atoms with Gasteiger partial charge in [0.05, 0.1) is 22.6 Å². The minimum atomic E-state index is -3.74. The number of amides is 1. The van der Waals surface area contributed by atoms with Gasteiger partial charge in [0.2, 0.25) is 15.9 Å². The SMILES string of the molecule is C[C@H](NS(=O)(=O)c1ccccc1)C(=O)N1CCCN(Cc2ccc(C#N)cc2)CC1. The van der Waals surface area contributed by atoms with Crippen LogP contribution in [0.5, 0.6) is 0 Å². The van der Waals surface area contributed by atoms with E-state index in [4.69, 9.17) is 5.26 Å². The second-order valence-corrected chi connectivity index (χ2v) is 9.13. The Hall–Kier alpha value is -2.73. The predicted octanol–water partition coefficient (Wildman–Crippen LogP) is 1.96. The van der Waals surface area contributed by atoms with Crippen molar-refractivity contribution in [3.63, 3.8) is 0 Å². The Kier molecular flexibility index (Phi) is 7.21. The van der Waals surface area contributed by atoms with Crippen LogP contribution < -0.4 is 4.72 Å². The summed E-state index contributed by atoms with van der Waals surface area (Å²) in [6.07, 6.45) is 0.820. The van der Waals surface area contributed by atoms with Gasteiger partial charge in [0.15, 0.2) is 0 Å². The quantitative estimate of drug-likeness (QED) is 0.762. The summed E-state index contributed by atoms with van der Waals surface area (Å²) in [5.41, 5.74) is 1.76. The summed E-state index contributed by atoms with van der Waals surface area (Å²) < 4.78 is 27.5. The second-order valence-electron chi connectivity index (χ2n) is 7.42. The molecule has 0 radical (unpaired) electrons. The van der Waals surface area contributed by atoms with Gasteiger partial charge in [-0.25, -0.2) is 8.42 Å². The second kappa shape index (κ2) is 9.85. The van der Waals surface area contributed by atoms with E-state index in [1.165, 1.54) is 12.1 Å². The third-order valence-corrected chi connectivity index (χ3v) is 6.70. The summed E-state index contributed by atoms with van der Waals surface area (Å²) in [6, 6.07) is 16.9. The van der Waals surface area contributed by atoms with Crippen LogP contribution in [0.1, 0.15) is 24.5 Å². The highest BCUT2D eigenvalue weighted by Crippen LogP contribution is 2.13. The van der Waals surface area contributed by atoms with Gasteiger partial charge in [-0.15, -0.1) is 0 Å². The molecule has 1 aliphatic heterocycles. The van der Waals surface area contributed by atoms with Crippen LogP contribution in [0, 0.1) is 11.3 Å². The van der Waals surface area contributed by atoms with Crippen molar-refractivity contribution < 1.29 is 13.2 Å². The van der Waals surface area contributed by atoms with Gasteiger partial charge in [0, 0.05) is 32.7 Å². The normalized spacial score (nSPS) is 16.5. The lowest BCUT2D eigenvalue weighted by atomic mass is 10.1. The van der Waals surface area contributed by atoms with Gasteiger partial charge in [-0.05, 0) is 43.2 Å². The average Bonchev–Trinajstić information content (AvgIpc) is 2.99. The fraction of sp³-hybridized carbons (Fsp3) is 0.364. The molecule has 1 fully saturated rings. The van der Waals surface area contributed by atoms with Gasteiger partial charge in [-0.3, -0.25) is 9.69 Å². The molecule has 0 saturated carbocycles. The van der Waals surface area contributed by atoms with Crippen molar-refractivity contribution in [2.75, 3.05) is 26.2 Å². The molecule has 30 heavy (non-hydrogen) atoms. The summed E-state index contributed by atoms with van der Waals surface area (Å²) in [7, 11) is -3.74. The van der Waals surface area contributed by atoms with E-state index in [2.05, 4.69) is 15.7 Å². The fourth-order valence-corrected chi connectivity index (χ4v) is 4.73. The van der Waals surface area contributed by atoms with E-state index in [1.54, 1.807) is 30.0 Å². The lowest BCUT2D eigenvalue weighted by Crippen LogP contribution is -2.47. The van der Waals surface area contributed by atoms with Crippen LogP contribution in [0.4, 0.5) is 0 Å². The Morgan fingerprint density at radius 3 is 2.43 bits per heavy atom. The van der Waals surface area contributed by atoms with Crippen LogP contribution in [-0.2, 0) is 21.4 Å². The number of nitriles is 1. The molecule has 3 rings (SSSR count). The first-order valence-corrected chi connectivity index (χ1v) is 11.4. The Morgan fingerprint density at radius 2 is 1.77 bits per heavy atom. The third kappa shape index (κ3) is 5.66. The number of sulfonamides is 1. The van der Waals surface area contributed by atoms with Crippen molar-refractivity contribution in [2.45, 2.75) is 30.8 Å².